The lowest BCUT2D eigenvalue weighted by Gasteiger charge is -2.31. The van der Waals surface area contributed by atoms with Gasteiger partial charge in [-0.15, -0.1) is 0 Å². The Bertz CT molecular complexity index is 1070. The summed E-state index contributed by atoms with van der Waals surface area (Å²) in [5.41, 5.74) is 2.07. The Hall–Kier alpha value is -3.20. The van der Waals surface area contributed by atoms with Gasteiger partial charge in [-0.1, -0.05) is 49.6 Å². The van der Waals surface area contributed by atoms with E-state index in [0.717, 1.165) is 30.5 Å². The summed E-state index contributed by atoms with van der Waals surface area (Å²) in [5, 5.41) is 18.0. The van der Waals surface area contributed by atoms with Crippen LogP contribution in [0.5, 0.6) is 0 Å². The zero-order valence-corrected chi connectivity index (χ0v) is 16.9. The average Bonchev–Trinajstić information content (AvgIpc) is 3.18. The summed E-state index contributed by atoms with van der Waals surface area (Å²) < 4.78 is 1.83. The predicted molar refractivity (Wildman–Crippen MR) is 112 cm³/mol. The number of fused-ring (bicyclic) bond motifs is 1. The first-order chi connectivity index (χ1) is 14.0. The summed E-state index contributed by atoms with van der Waals surface area (Å²) in [6.45, 7) is 4.07. The van der Waals surface area contributed by atoms with Gasteiger partial charge in [-0.25, -0.2) is 9.67 Å². The summed E-state index contributed by atoms with van der Waals surface area (Å²) in [6.07, 6.45) is 6.12. The van der Waals surface area contributed by atoms with Crippen LogP contribution in [0.25, 0.3) is 22.3 Å². The fourth-order valence-electron chi connectivity index (χ4n) is 4.05. The van der Waals surface area contributed by atoms with Crippen LogP contribution in [0.1, 0.15) is 62.4 Å². The smallest absolute Gasteiger partial charge is 0.253 e. The molecule has 0 radical (unpaired) electrons. The van der Waals surface area contributed by atoms with E-state index in [-0.39, 0.29) is 11.9 Å². The van der Waals surface area contributed by atoms with Gasteiger partial charge in [0.25, 0.3) is 5.91 Å². The van der Waals surface area contributed by atoms with Crippen LogP contribution in [-0.4, -0.2) is 26.2 Å². The number of rotatable bonds is 4. The molecule has 2 aromatic heterocycles. The van der Waals surface area contributed by atoms with Crippen LogP contribution in [0.4, 0.5) is 0 Å². The second-order valence-electron chi connectivity index (χ2n) is 8.05. The van der Waals surface area contributed by atoms with Crippen molar-refractivity contribution in [3.8, 4) is 17.3 Å². The van der Waals surface area contributed by atoms with Crippen LogP contribution in [0.2, 0.25) is 0 Å². The average molecular weight is 387 g/mol. The molecule has 1 aliphatic carbocycles. The minimum Gasteiger partial charge on any atom is -0.334 e. The third kappa shape index (κ3) is 3.61. The van der Waals surface area contributed by atoms with Crippen LogP contribution in [0.15, 0.2) is 42.6 Å². The molecule has 6 heteroatoms. The van der Waals surface area contributed by atoms with Crippen molar-refractivity contribution in [1.82, 2.24) is 20.1 Å². The van der Waals surface area contributed by atoms with Gasteiger partial charge in [0.15, 0.2) is 5.65 Å². The number of hydrogen-bond donors (Lipinski definition) is 1. The third-order valence-electron chi connectivity index (χ3n) is 5.64. The largest absolute Gasteiger partial charge is 0.334 e. The number of amides is 1. The summed E-state index contributed by atoms with van der Waals surface area (Å²) >= 11 is 0. The van der Waals surface area contributed by atoms with Crippen LogP contribution < -0.4 is 5.32 Å². The summed E-state index contributed by atoms with van der Waals surface area (Å²) in [4.78, 5) is 18.1. The van der Waals surface area contributed by atoms with E-state index in [4.69, 9.17) is 4.98 Å². The Morgan fingerprint density at radius 1 is 1.21 bits per heavy atom. The number of nitriles is 1. The standard InChI is InChI=1S/C23H25N5O/c1-16(2)28-21-19(14-25-28)18(13-20(26-21)17-9-5-3-6-10-17)22(29)27-23(15-24)11-7-4-8-12-23/h3,5-6,9-10,13-14,16H,4,7-8,11-12H2,1-2H3,(H,27,29). The van der Waals surface area contributed by atoms with E-state index in [2.05, 4.69) is 16.5 Å². The van der Waals surface area contributed by atoms with E-state index in [0.29, 0.717) is 29.4 Å². The van der Waals surface area contributed by atoms with Gasteiger partial charge in [-0.2, -0.15) is 10.4 Å². The lowest BCUT2D eigenvalue weighted by molar-refractivity contribution is 0.0904. The SMILES string of the molecule is CC(C)n1ncc2c(C(=O)NC3(C#N)CCCCC3)cc(-c3ccccc3)nc21. The van der Waals surface area contributed by atoms with Crippen molar-refractivity contribution in [3.63, 3.8) is 0 Å². The van der Waals surface area contributed by atoms with E-state index < -0.39 is 5.54 Å². The Morgan fingerprint density at radius 3 is 2.59 bits per heavy atom. The van der Waals surface area contributed by atoms with Gasteiger partial charge in [-0.05, 0) is 32.8 Å². The molecule has 1 aliphatic rings. The monoisotopic (exact) mass is 387 g/mol. The molecule has 29 heavy (non-hydrogen) atoms. The fraction of sp³-hybridized carbons (Fsp3) is 0.391. The molecule has 1 saturated carbocycles. The lowest BCUT2D eigenvalue weighted by atomic mass is 9.82. The van der Waals surface area contributed by atoms with E-state index in [1.54, 1.807) is 6.20 Å². The minimum atomic E-state index is -0.786. The molecule has 1 N–H and O–H groups in total. The first kappa shape index (κ1) is 19.1. The number of nitrogens with one attached hydrogen (secondary N) is 1. The van der Waals surface area contributed by atoms with Gasteiger partial charge in [-0.3, -0.25) is 4.79 Å². The molecule has 0 unspecified atom stereocenters. The number of pyridine rings is 1. The summed E-state index contributed by atoms with van der Waals surface area (Å²) in [7, 11) is 0. The number of carbonyl (C=O) groups is 1. The molecular formula is C23H25N5O. The molecule has 1 fully saturated rings. The topological polar surface area (TPSA) is 83.6 Å². The molecule has 1 amide bonds. The Morgan fingerprint density at radius 2 is 1.93 bits per heavy atom. The van der Waals surface area contributed by atoms with Crippen molar-refractivity contribution >= 4 is 16.9 Å². The first-order valence-electron chi connectivity index (χ1n) is 10.2. The van der Waals surface area contributed by atoms with Gasteiger partial charge in [0.2, 0.25) is 0 Å². The quantitative estimate of drug-likeness (QED) is 0.707. The van der Waals surface area contributed by atoms with Crippen LogP contribution in [0.3, 0.4) is 0 Å². The second kappa shape index (κ2) is 7.67. The zero-order valence-electron chi connectivity index (χ0n) is 16.9. The molecule has 2 heterocycles. The van der Waals surface area contributed by atoms with E-state index in [1.807, 2.05) is 54.9 Å². The number of hydrogen-bond acceptors (Lipinski definition) is 4. The van der Waals surface area contributed by atoms with Crippen molar-refractivity contribution in [2.45, 2.75) is 57.5 Å². The molecule has 0 spiro atoms. The van der Waals surface area contributed by atoms with Crippen molar-refractivity contribution in [2.75, 3.05) is 0 Å². The lowest BCUT2D eigenvalue weighted by Crippen LogP contribution is -2.48. The highest BCUT2D eigenvalue weighted by atomic mass is 16.1. The Labute approximate surface area is 170 Å². The Kier molecular flexibility index (Phi) is 5.06. The molecule has 0 aliphatic heterocycles. The molecular weight excluding hydrogens is 362 g/mol. The van der Waals surface area contributed by atoms with Gasteiger partial charge in [0.05, 0.1) is 28.9 Å². The molecule has 148 valence electrons. The zero-order chi connectivity index (χ0) is 20.4. The highest BCUT2D eigenvalue weighted by molar-refractivity contribution is 6.07. The van der Waals surface area contributed by atoms with Gasteiger partial charge < -0.3 is 5.32 Å². The fourth-order valence-corrected chi connectivity index (χ4v) is 4.05. The highest BCUT2D eigenvalue weighted by Crippen LogP contribution is 2.30. The van der Waals surface area contributed by atoms with Crippen molar-refractivity contribution < 1.29 is 4.79 Å². The highest BCUT2D eigenvalue weighted by Gasteiger charge is 2.34. The first-order valence-corrected chi connectivity index (χ1v) is 10.2. The van der Waals surface area contributed by atoms with Crippen LogP contribution >= 0.6 is 0 Å². The van der Waals surface area contributed by atoms with Crippen molar-refractivity contribution in [1.29, 1.82) is 5.26 Å². The van der Waals surface area contributed by atoms with Gasteiger partial charge in [0, 0.05) is 11.6 Å². The predicted octanol–water partition coefficient (Wildman–Crippen LogP) is 4.64. The molecule has 0 bridgehead atoms. The third-order valence-corrected chi connectivity index (χ3v) is 5.64. The molecule has 1 aromatic carbocycles. The number of carbonyl (C=O) groups excluding carboxylic acids is 1. The van der Waals surface area contributed by atoms with Crippen molar-refractivity contribution in [3.05, 3.63) is 48.2 Å². The normalized spacial score (nSPS) is 15.9. The van der Waals surface area contributed by atoms with Gasteiger partial charge in [0.1, 0.15) is 5.54 Å². The van der Waals surface area contributed by atoms with Crippen LogP contribution in [-0.2, 0) is 0 Å². The second-order valence-corrected chi connectivity index (χ2v) is 8.05. The molecule has 4 rings (SSSR count). The van der Waals surface area contributed by atoms with E-state index in [1.165, 1.54) is 0 Å². The van der Waals surface area contributed by atoms with Gasteiger partial charge >= 0.3 is 0 Å². The number of benzene rings is 1. The molecule has 3 aromatic rings. The van der Waals surface area contributed by atoms with E-state index >= 15 is 0 Å². The number of aromatic nitrogens is 3. The minimum absolute atomic E-state index is 0.116. The summed E-state index contributed by atoms with van der Waals surface area (Å²) in [5.74, 6) is -0.235. The maximum absolute atomic E-state index is 13.3. The molecule has 6 nitrogen and oxygen atoms in total. The molecule has 0 atom stereocenters. The number of nitrogens with zero attached hydrogens (tertiary/aromatic N) is 4. The Balaban J connectivity index is 1.82. The van der Waals surface area contributed by atoms with E-state index in [9.17, 15) is 10.1 Å². The molecule has 0 saturated heterocycles. The maximum Gasteiger partial charge on any atom is 0.253 e. The summed E-state index contributed by atoms with van der Waals surface area (Å²) in [6, 6.07) is 14.1. The van der Waals surface area contributed by atoms with Crippen LogP contribution in [0, 0.1) is 11.3 Å². The maximum atomic E-state index is 13.3. The van der Waals surface area contributed by atoms with Crippen molar-refractivity contribution in [2.24, 2.45) is 0 Å².